The number of nitriles is 2. The number of aryl methyl sites for hydroxylation is 1. The van der Waals surface area contributed by atoms with E-state index in [0.29, 0.717) is 37.2 Å². The highest BCUT2D eigenvalue weighted by Crippen LogP contribution is 2.64. The summed E-state index contributed by atoms with van der Waals surface area (Å²) in [4.78, 5) is 18.1. The zero-order chi connectivity index (χ0) is 25.6. The van der Waals surface area contributed by atoms with E-state index in [0.717, 1.165) is 35.4 Å². The van der Waals surface area contributed by atoms with Gasteiger partial charge in [0.05, 0.1) is 29.3 Å². The lowest BCUT2D eigenvalue weighted by atomic mass is 9.48. The summed E-state index contributed by atoms with van der Waals surface area (Å²) in [6, 6.07) is 10.4. The lowest BCUT2D eigenvalue weighted by Crippen LogP contribution is -2.62. The number of likely N-dealkylation sites (tertiary alicyclic amines) is 1. The molecule has 0 bridgehead atoms. The van der Waals surface area contributed by atoms with Gasteiger partial charge >= 0.3 is 0 Å². The minimum Gasteiger partial charge on any atom is -0.455 e. The third-order valence-corrected chi connectivity index (χ3v) is 9.15. The van der Waals surface area contributed by atoms with Crippen LogP contribution in [-0.2, 0) is 15.1 Å². The number of piperidine rings is 1. The Morgan fingerprint density at radius 3 is 2.56 bits per heavy atom. The highest BCUT2D eigenvalue weighted by molar-refractivity contribution is 6.11. The van der Waals surface area contributed by atoms with Gasteiger partial charge in [0.1, 0.15) is 0 Å². The average Bonchev–Trinajstić information content (AvgIpc) is 3.12. The molecule has 6 rings (SSSR count). The van der Waals surface area contributed by atoms with Crippen molar-refractivity contribution in [3.05, 3.63) is 51.7 Å². The molecule has 0 unspecified atom stereocenters. The quantitative estimate of drug-likeness (QED) is 0.512. The molecule has 0 aromatic heterocycles. The van der Waals surface area contributed by atoms with Gasteiger partial charge in [0, 0.05) is 29.8 Å². The molecule has 0 saturated carbocycles. The predicted molar refractivity (Wildman–Crippen MR) is 132 cm³/mol. The molecule has 1 aromatic rings. The summed E-state index contributed by atoms with van der Waals surface area (Å²) in [6.45, 7) is 4.48. The molecule has 0 radical (unpaired) electrons. The highest BCUT2D eigenvalue weighted by atomic mass is 16.5. The molecule has 1 aromatic carbocycles. The second kappa shape index (κ2) is 7.19. The average molecular weight is 484 g/mol. The van der Waals surface area contributed by atoms with E-state index in [4.69, 9.17) is 15.9 Å². The van der Waals surface area contributed by atoms with Gasteiger partial charge in [-0.15, -0.1) is 0 Å². The van der Waals surface area contributed by atoms with Gasteiger partial charge in [-0.3, -0.25) is 10.2 Å². The van der Waals surface area contributed by atoms with E-state index >= 15 is 0 Å². The maximum atomic E-state index is 13.7. The molecule has 2 atom stereocenters. The lowest BCUT2D eigenvalue weighted by molar-refractivity contribution is -0.138. The molecule has 36 heavy (non-hydrogen) atoms. The van der Waals surface area contributed by atoms with Crippen molar-refractivity contribution in [2.75, 3.05) is 45.6 Å². The van der Waals surface area contributed by atoms with Crippen molar-refractivity contribution < 1.29 is 9.53 Å². The first kappa shape index (κ1) is 22.8. The van der Waals surface area contributed by atoms with Crippen LogP contribution in [0.1, 0.15) is 24.0 Å². The monoisotopic (exact) mass is 483 g/mol. The molecular weight excluding hydrogens is 454 g/mol. The zero-order valence-electron chi connectivity index (χ0n) is 20.7. The molecule has 9 heteroatoms. The SMILES string of the molecule is Cc1ccc2c(c1)[C@]1(OC(=N)C3=C(N)C(C#N)(C#N)C4(CCN(C)CC4)C4=C3[C@H]1CN(C)C4)C(=O)N2. The number of likely N-dealkylation sites (N-methyl/N-ethyl adjacent to an activating group) is 1. The van der Waals surface area contributed by atoms with Crippen LogP contribution in [0, 0.1) is 51.7 Å². The van der Waals surface area contributed by atoms with Crippen molar-refractivity contribution in [1.29, 1.82) is 15.9 Å². The Balaban J connectivity index is 1.69. The van der Waals surface area contributed by atoms with E-state index in [1.54, 1.807) is 0 Å². The van der Waals surface area contributed by atoms with Crippen molar-refractivity contribution >= 4 is 17.5 Å². The maximum absolute atomic E-state index is 13.7. The number of carbonyl (C=O) groups excluding carboxylic acids is 1. The Morgan fingerprint density at radius 1 is 1.19 bits per heavy atom. The molecule has 5 aliphatic rings. The van der Waals surface area contributed by atoms with Crippen molar-refractivity contribution in [2.24, 2.45) is 22.5 Å². The highest BCUT2D eigenvalue weighted by Gasteiger charge is 2.68. The molecule has 4 aliphatic heterocycles. The normalized spacial score (nSPS) is 30.4. The Bertz CT molecular complexity index is 1370. The van der Waals surface area contributed by atoms with Crippen LogP contribution in [0.5, 0.6) is 0 Å². The fourth-order valence-corrected chi connectivity index (χ4v) is 7.34. The van der Waals surface area contributed by atoms with Gasteiger partial charge in [-0.2, -0.15) is 10.5 Å². The number of carbonyl (C=O) groups is 1. The first-order chi connectivity index (χ1) is 17.1. The third-order valence-electron chi connectivity index (χ3n) is 9.15. The first-order valence-corrected chi connectivity index (χ1v) is 12.3. The van der Waals surface area contributed by atoms with Crippen LogP contribution in [0.4, 0.5) is 5.69 Å². The van der Waals surface area contributed by atoms with E-state index in [1.165, 1.54) is 0 Å². The number of anilines is 1. The van der Waals surface area contributed by atoms with Crippen LogP contribution >= 0.6 is 0 Å². The number of amides is 1. The molecule has 4 N–H and O–H groups in total. The minimum absolute atomic E-state index is 0.0908. The van der Waals surface area contributed by atoms with Crippen LogP contribution < -0.4 is 11.1 Å². The van der Waals surface area contributed by atoms with Gasteiger partial charge in [0.2, 0.25) is 11.5 Å². The van der Waals surface area contributed by atoms with Crippen LogP contribution in [0.3, 0.4) is 0 Å². The molecule has 1 amide bonds. The molecular formula is C27H29N7O2. The predicted octanol–water partition coefficient (Wildman–Crippen LogP) is 1.98. The number of hydrogen-bond donors (Lipinski definition) is 3. The van der Waals surface area contributed by atoms with E-state index in [9.17, 15) is 15.3 Å². The fourth-order valence-electron chi connectivity index (χ4n) is 7.34. The smallest absolute Gasteiger partial charge is 0.274 e. The van der Waals surface area contributed by atoms with Crippen molar-refractivity contribution in [2.45, 2.75) is 25.4 Å². The Morgan fingerprint density at radius 2 is 1.89 bits per heavy atom. The number of hydrogen-bond acceptors (Lipinski definition) is 8. The van der Waals surface area contributed by atoms with Crippen molar-refractivity contribution in [3.8, 4) is 12.1 Å². The molecule has 4 heterocycles. The van der Waals surface area contributed by atoms with Crippen molar-refractivity contribution in [3.63, 3.8) is 0 Å². The van der Waals surface area contributed by atoms with Crippen LogP contribution in [-0.4, -0.2) is 61.9 Å². The van der Waals surface area contributed by atoms with Gasteiger partial charge < -0.3 is 25.6 Å². The number of nitrogens with zero attached hydrogens (tertiary/aromatic N) is 4. The number of ether oxygens (including phenoxy) is 1. The topological polar surface area (TPSA) is 142 Å². The van der Waals surface area contributed by atoms with Gasteiger partial charge in [-0.05, 0) is 70.2 Å². The number of allylic oxidation sites excluding steroid dienone is 1. The van der Waals surface area contributed by atoms with Gasteiger partial charge in [-0.25, -0.2) is 0 Å². The molecule has 184 valence electrons. The largest absolute Gasteiger partial charge is 0.455 e. The number of nitrogens with one attached hydrogen (secondary N) is 2. The molecule has 2 fully saturated rings. The number of nitrogens with two attached hydrogens (primary N) is 1. The van der Waals surface area contributed by atoms with E-state index < -0.39 is 22.3 Å². The number of benzene rings is 1. The summed E-state index contributed by atoms with van der Waals surface area (Å²) in [5.41, 5.74) is 7.52. The summed E-state index contributed by atoms with van der Waals surface area (Å²) in [7, 11) is 4.03. The van der Waals surface area contributed by atoms with E-state index in [-0.39, 0.29) is 17.5 Å². The molecule has 9 nitrogen and oxygen atoms in total. The van der Waals surface area contributed by atoms with Crippen LogP contribution in [0.25, 0.3) is 0 Å². The zero-order valence-corrected chi connectivity index (χ0v) is 20.7. The summed E-state index contributed by atoms with van der Waals surface area (Å²) in [5, 5.41) is 33.0. The van der Waals surface area contributed by atoms with Gasteiger partial charge in [-0.1, -0.05) is 11.6 Å². The Hall–Kier alpha value is -3.66. The first-order valence-electron chi connectivity index (χ1n) is 12.3. The van der Waals surface area contributed by atoms with Crippen LogP contribution in [0.2, 0.25) is 0 Å². The van der Waals surface area contributed by atoms with E-state index in [1.807, 2.05) is 39.2 Å². The Labute approximate surface area is 210 Å². The minimum atomic E-state index is -1.61. The van der Waals surface area contributed by atoms with Crippen molar-refractivity contribution in [1.82, 2.24) is 9.80 Å². The second-order valence-electron chi connectivity index (χ2n) is 11.0. The summed E-state index contributed by atoms with van der Waals surface area (Å²) in [5.74, 6) is -0.987. The molecule has 1 aliphatic carbocycles. The summed E-state index contributed by atoms with van der Waals surface area (Å²) in [6.07, 6.45) is 1.20. The lowest BCUT2D eigenvalue weighted by Gasteiger charge is -2.58. The number of fused-ring (bicyclic) bond motifs is 4. The molecule has 2 spiro atoms. The van der Waals surface area contributed by atoms with Crippen LogP contribution in [0.15, 0.2) is 40.6 Å². The fraction of sp³-hybridized carbons (Fsp3) is 0.481. The van der Waals surface area contributed by atoms with Gasteiger partial charge in [0.25, 0.3) is 5.91 Å². The third kappa shape index (κ3) is 2.45. The standard InChI is InChI=1S/C27H29N7O2/c1-15-4-5-19-16(10-15)27(24(35)32-19)18-12-34(3)11-17-20(18)21(23(31)36-27)22(30)26(13-28,14-29)25(17)6-8-33(2)9-7-25/h4-5,10,18,31H,6-9,11-12,30H2,1-3H3,(H,32,35)/t18-,27-/m1/s1. The van der Waals surface area contributed by atoms with Gasteiger partial charge in [0.15, 0.2) is 5.41 Å². The summed E-state index contributed by atoms with van der Waals surface area (Å²) < 4.78 is 6.32. The Kier molecular flexibility index (Phi) is 4.55. The number of rotatable bonds is 0. The second-order valence-corrected chi connectivity index (χ2v) is 11.0. The summed E-state index contributed by atoms with van der Waals surface area (Å²) >= 11 is 0. The molecule has 2 saturated heterocycles. The maximum Gasteiger partial charge on any atom is 0.274 e. The van der Waals surface area contributed by atoms with E-state index in [2.05, 4.69) is 27.3 Å².